The van der Waals surface area contributed by atoms with E-state index < -0.39 is 9.85 Å². The first kappa shape index (κ1) is 31.6. The van der Waals surface area contributed by atoms with Gasteiger partial charge in [0.15, 0.2) is 0 Å². The second kappa shape index (κ2) is 17.0. The van der Waals surface area contributed by atoms with E-state index in [1.807, 2.05) is 12.1 Å². The van der Waals surface area contributed by atoms with E-state index in [2.05, 4.69) is 0 Å². The molecule has 0 heterocycles. The summed E-state index contributed by atoms with van der Waals surface area (Å²) in [4.78, 5) is 23.1. The Morgan fingerprint density at radius 3 is 1.00 bits per heavy atom. The van der Waals surface area contributed by atoms with Gasteiger partial charge in [-0.3, -0.25) is 20.2 Å². The fourth-order valence-electron chi connectivity index (χ4n) is 4.31. The number of nitrogens with zero attached hydrogens (tertiary/aromatic N) is 2. The minimum atomic E-state index is -0.443. The highest BCUT2D eigenvalue weighted by molar-refractivity contribution is 5.84. The Balaban J connectivity index is 1.28. The van der Waals surface area contributed by atoms with Gasteiger partial charge < -0.3 is 18.9 Å². The smallest absolute Gasteiger partial charge is 0.318 e. The van der Waals surface area contributed by atoms with E-state index >= 15 is 0 Å². The molecule has 44 heavy (non-hydrogen) atoms. The van der Waals surface area contributed by atoms with Crippen molar-refractivity contribution in [1.29, 1.82) is 0 Å². The summed E-state index contributed by atoms with van der Waals surface area (Å²) in [5.41, 5.74) is 1.79. The molecule has 0 atom stereocenters. The summed E-state index contributed by atoms with van der Waals surface area (Å²) < 4.78 is 23.0. The standard InChI is InChI=1S/C34H32N2O8/c37-35(38)31(27-13-5-1-6-14-27)33(29-17-9-3-10-18-29)43-25-23-41-21-22-42-24-26-44-34(30-19-11-4-12-20-30)32(36(39)40)28-15-7-2-8-16-28/h1-20H,21-26H2. The minimum absolute atomic E-state index is 0.0892. The Morgan fingerprint density at radius 2 is 0.705 bits per heavy atom. The van der Waals surface area contributed by atoms with E-state index in [1.54, 1.807) is 109 Å². The van der Waals surface area contributed by atoms with Gasteiger partial charge in [0.05, 0.1) is 47.4 Å². The maximum Gasteiger partial charge on any atom is 0.318 e. The second-order valence-corrected chi connectivity index (χ2v) is 9.26. The molecular formula is C34H32N2O8. The lowest BCUT2D eigenvalue weighted by atomic mass is 10.1. The summed E-state index contributed by atoms with van der Waals surface area (Å²) in [5.74, 6) is 0.316. The molecule has 0 aliphatic carbocycles. The molecule has 0 N–H and O–H groups in total. The zero-order valence-electron chi connectivity index (χ0n) is 24.0. The fraction of sp³-hybridized carbons (Fsp3) is 0.176. The number of rotatable bonds is 17. The lowest BCUT2D eigenvalue weighted by molar-refractivity contribution is -0.375. The molecule has 0 aliphatic rings. The van der Waals surface area contributed by atoms with Crippen LogP contribution in [0.2, 0.25) is 0 Å². The topological polar surface area (TPSA) is 123 Å². The van der Waals surface area contributed by atoms with Gasteiger partial charge in [0.25, 0.3) is 0 Å². The zero-order chi connectivity index (χ0) is 31.0. The molecule has 0 radical (unpaired) electrons. The maximum absolute atomic E-state index is 12.0. The van der Waals surface area contributed by atoms with Crippen molar-refractivity contribution in [1.82, 2.24) is 0 Å². The van der Waals surface area contributed by atoms with Gasteiger partial charge in [-0.05, 0) is 24.3 Å². The predicted octanol–water partition coefficient (Wildman–Crippen LogP) is 6.66. The quantitative estimate of drug-likeness (QED) is 0.0436. The summed E-state index contributed by atoms with van der Waals surface area (Å²) in [7, 11) is 0. The van der Waals surface area contributed by atoms with Crippen LogP contribution in [0, 0.1) is 20.2 Å². The van der Waals surface area contributed by atoms with Crippen LogP contribution in [-0.2, 0) is 18.9 Å². The largest absolute Gasteiger partial charge is 0.484 e. The third kappa shape index (κ3) is 9.09. The maximum atomic E-state index is 12.0. The Kier molecular flexibility index (Phi) is 12.2. The number of nitro groups is 2. The zero-order valence-corrected chi connectivity index (χ0v) is 24.0. The van der Waals surface area contributed by atoms with Crippen LogP contribution in [0.3, 0.4) is 0 Å². The van der Waals surface area contributed by atoms with E-state index in [4.69, 9.17) is 18.9 Å². The third-order valence-corrected chi connectivity index (χ3v) is 6.28. The summed E-state index contributed by atoms with van der Waals surface area (Å²) in [5, 5.41) is 24.0. The molecule has 0 saturated carbocycles. The number of ether oxygens (including phenoxy) is 4. The highest BCUT2D eigenvalue weighted by atomic mass is 16.6. The minimum Gasteiger partial charge on any atom is -0.484 e. The van der Waals surface area contributed by atoms with E-state index in [0.717, 1.165) is 0 Å². The summed E-state index contributed by atoms with van der Waals surface area (Å²) >= 11 is 0. The molecule has 0 aliphatic heterocycles. The molecule has 10 heteroatoms. The van der Waals surface area contributed by atoms with E-state index in [9.17, 15) is 20.2 Å². The summed E-state index contributed by atoms with van der Waals surface area (Å²) in [6, 6.07) is 35.0. The molecule has 0 bridgehead atoms. The molecule has 0 spiro atoms. The second-order valence-electron chi connectivity index (χ2n) is 9.26. The predicted molar refractivity (Wildman–Crippen MR) is 167 cm³/mol. The van der Waals surface area contributed by atoms with E-state index in [-0.39, 0.29) is 62.6 Å². The van der Waals surface area contributed by atoms with Gasteiger partial charge >= 0.3 is 11.4 Å². The van der Waals surface area contributed by atoms with Crippen LogP contribution in [0.15, 0.2) is 121 Å². The van der Waals surface area contributed by atoms with Crippen molar-refractivity contribution in [3.8, 4) is 0 Å². The van der Waals surface area contributed by atoms with Crippen molar-refractivity contribution < 1.29 is 28.8 Å². The molecule has 0 aromatic heterocycles. The van der Waals surface area contributed by atoms with Crippen LogP contribution in [0.25, 0.3) is 22.9 Å². The molecule has 4 aromatic carbocycles. The van der Waals surface area contributed by atoms with Gasteiger partial charge in [0.1, 0.15) is 13.2 Å². The average Bonchev–Trinajstić information content (AvgIpc) is 3.05. The van der Waals surface area contributed by atoms with E-state index in [1.165, 1.54) is 0 Å². The molecule has 0 unspecified atom stereocenters. The van der Waals surface area contributed by atoms with Crippen LogP contribution in [0.4, 0.5) is 0 Å². The number of hydrogen-bond donors (Lipinski definition) is 0. The number of hydrogen-bond acceptors (Lipinski definition) is 8. The lowest BCUT2D eigenvalue weighted by Crippen LogP contribution is -2.13. The van der Waals surface area contributed by atoms with Gasteiger partial charge in [-0.2, -0.15) is 0 Å². The Labute approximate surface area is 255 Å². The molecule has 4 aromatic rings. The van der Waals surface area contributed by atoms with Gasteiger partial charge in [0, 0.05) is 11.1 Å². The van der Waals surface area contributed by atoms with Crippen LogP contribution in [0.5, 0.6) is 0 Å². The van der Waals surface area contributed by atoms with Crippen molar-refractivity contribution >= 4 is 22.9 Å². The average molecular weight is 597 g/mol. The molecular weight excluding hydrogens is 564 g/mol. The van der Waals surface area contributed by atoms with Crippen molar-refractivity contribution in [2.24, 2.45) is 0 Å². The summed E-state index contributed by atoms with van der Waals surface area (Å²) in [6.07, 6.45) is 0. The lowest BCUT2D eigenvalue weighted by Gasteiger charge is -2.13. The van der Waals surface area contributed by atoms with Gasteiger partial charge in [-0.15, -0.1) is 0 Å². The van der Waals surface area contributed by atoms with Crippen LogP contribution >= 0.6 is 0 Å². The fourth-order valence-corrected chi connectivity index (χ4v) is 4.31. The van der Waals surface area contributed by atoms with Crippen LogP contribution in [0.1, 0.15) is 22.3 Å². The first-order valence-electron chi connectivity index (χ1n) is 14.0. The molecule has 226 valence electrons. The Morgan fingerprint density at radius 1 is 0.432 bits per heavy atom. The number of benzene rings is 4. The summed E-state index contributed by atoms with van der Waals surface area (Å²) in [6.45, 7) is 1.04. The third-order valence-electron chi connectivity index (χ3n) is 6.28. The van der Waals surface area contributed by atoms with Gasteiger partial charge in [-0.1, -0.05) is 97.1 Å². The van der Waals surface area contributed by atoms with Crippen molar-refractivity contribution in [3.05, 3.63) is 164 Å². The molecule has 0 fully saturated rings. The highest BCUT2D eigenvalue weighted by Crippen LogP contribution is 2.29. The van der Waals surface area contributed by atoms with Crippen molar-refractivity contribution in [3.63, 3.8) is 0 Å². The van der Waals surface area contributed by atoms with Crippen LogP contribution in [-0.4, -0.2) is 49.5 Å². The van der Waals surface area contributed by atoms with Crippen LogP contribution < -0.4 is 0 Å². The highest BCUT2D eigenvalue weighted by Gasteiger charge is 2.25. The van der Waals surface area contributed by atoms with E-state index in [0.29, 0.717) is 22.3 Å². The molecule has 0 amide bonds. The normalized spacial score (nSPS) is 12.1. The monoisotopic (exact) mass is 596 g/mol. The van der Waals surface area contributed by atoms with Crippen molar-refractivity contribution in [2.75, 3.05) is 39.6 Å². The molecule has 0 saturated heterocycles. The first-order valence-corrected chi connectivity index (χ1v) is 14.0. The Bertz CT molecular complexity index is 1420. The van der Waals surface area contributed by atoms with Gasteiger partial charge in [-0.25, -0.2) is 0 Å². The molecule has 4 rings (SSSR count). The Hall–Kier alpha value is -5.32. The van der Waals surface area contributed by atoms with Crippen molar-refractivity contribution in [2.45, 2.75) is 0 Å². The first-order chi connectivity index (χ1) is 21.6. The molecule has 10 nitrogen and oxygen atoms in total. The SMILES string of the molecule is O=[N+]([O-])C(=C(OCCOCCOCCOC(=C(c1ccccc1)[N+](=O)[O-])c1ccccc1)c1ccccc1)c1ccccc1. The van der Waals surface area contributed by atoms with Gasteiger partial charge in [0.2, 0.25) is 11.5 Å².